The van der Waals surface area contributed by atoms with Gasteiger partial charge in [-0.25, -0.2) is 0 Å². The van der Waals surface area contributed by atoms with E-state index in [1.54, 1.807) is 6.07 Å². The molecular formula is C13H19F3N2. The fourth-order valence-electron chi connectivity index (χ4n) is 1.85. The van der Waals surface area contributed by atoms with Crippen molar-refractivity contribution < 1.29 is 13.2 Å². The summed E-state index contributed by atoms with van der Waals surface area (Å²) in [5.74, 6) is 0. The Morgan fingerprint density at radius 1 is 1.17 bits per heavy atom. The molecule has 102 valence electrons. The van der Waals surface area contributed by atoms with Gasteiger partial charge in [0, 0.05) is 18.1 Å². The van der Waals surface area contributed by atoms with Crippen molar-refractivity contribution in [3.63, 3.8) is 0 Å². The van der Waals surface area contributed by atoms with Gasteiger partial charge in [0.15, 0.2) is 0 Å². The maximum atomic E-state index is 12.9. The quantitative estimate of drug-likeness (QED) is 0.876. The van der Waals surface area contributed by atoms with E-state index in [0.717, 1.165) is 6.07 Å². The number of hydrogen-bond donors (Lipinski definition) is 2. The van der Waals surface area contributed by atoms with Crippen molar-refractivity contribution >= 4 is 0 Å². The number of hydrogen-bond acceptors (Lipinski definition) is 2. The van der Waals surface area contributed by atoms with Crippen molar-refractivity contribution in [2.75, 3.05) is 6.54 Å². The molecule has 5 heteroatoms. The number of nitrogens with one attached hydrogen (secondary N) is 1. The molecular weight excluding hydrogens is 241 g/mol. The first kappa shape index (κ1) is 15.0. The average molecular weight is 260 g/mol. The zero-order valence-electron chi connectivity index (χ0n) is 10.8. The third-order valence-corrected chi connectivity index (χ3v) is 2.48. The fourth-order valence-corrected chi connectivity index (χ4v) is 1.85. The van der Waals surface area contributed by atoms with E-state index in [0.29, 0.717) is 0 Å². The average Bonchev–Trinajstić information content (AvgIpc) is 2.23. The van der Waals surface area contributed by atoms with Gasteiger partial charge in [-0.2, -0.15) is 13.2 Å². The van der Waals surface area contributed by atoms with E-state index in [1.807, 2.05) is 20.8 Å². The fraction of sp³-hybridized carbons (Fsp3) is 0.538. The summed E-state index contributed by atoms with van der Waals surface area (Å²) in [6, 6.07) is 5.03. The van der Waals surface area contributed by atoms with Crippen LogP contribution in [0.3, 0.4) is 0 Å². The Morgan fingerprint density at radius 3 is 2.17 bits per heavy atom. The predicted octanol–water partition coefficient (Wildman–Crippen LogP) is 3.09. The maximum absolute atomic E-state index is 12.9. The molecule has 0 aromatic heterocycles. The zero-order valence-corrected chi connectivity index (χ0v) is 10.8. The molecule has 0 aliphatic rings. The Balaban J connectivity index is 3.14. The molecule has 0 radical (unpaired) electrons. The molecule has 2 nitrogen and oxygen atoms in total. The van der Waals surface area contributed by atoms with Gasteiger partial charge in [0.05, 0.1) is 5.56 Å². The molecule has 0 aliphatic heterocycles. The molecule has 1 aromatic carbocycles. The van der Waals surface area contributed by atoms with Crippen molar-refractivity contribution in [3.05, 3.63) is 35.4 Å². The first-order chi connectivity index (χ1) is 8.15. The van der Waals surface area contributed by atoms with Crippen LogP contribution in [0.4, 0.5) is 13.2 Å². The van der Waals surface area contributed by atoms with E-state index < -0.39 is 17.8 Å². The monoisotopic (exact) mass is 260 g/mol. The molecule has 1 atom stereocenters. The highest BCUT2D eigenvalue weighted by atomic mass is 19.4. The number of alkyl halides is 3. The highest BCUT2D eigenvalue weighted by molar-refractivity contribution is 5.32. The van der Waals surface area contributed by atoms with Gasteiger partial charge in [0.1, 0.15) is 0 Å². The number of benzene rings is 1. The normalized spacial score (nSPS) is 14.6. The summed E-state index contributed by atoms with van der Waals surface area (Å²) in [6.07, 6.45) is -4.36. The largest absolute Gasteiger partial charge is 0.416 e. The highest BCUT2D eigenvalue weighted by Crippen LogP contribution is 2.34. The Hall–Kier alpha value is -1.07. The van der Waals surface area contributed by atoms with E-state index in [1.165, 1.54) is 12.1 Å². The third-order valence-electron chi connectivity index (χ3n) is 2.48. The summed E-state index contributed by atoms with van der Waals surface area (Å²) < 4.78 is 38.7. The first-order valence-corrected chi connectivity index (χ1v) is 5.79. The summed E-state index contributed by atoms with van der Waals surface area (Å²) >= 11 is 0. The Morgan fingerprint density at radius 2 is 1.72 bits per heavy atom. The van der Waals surface area contributed by atoms with Crippen molar-refractivity contribution in [1.82, 2.24) is 5.32 Å². The molecule has 0 spiro atoms. The van der Waals surface area contributed by atoms with Gasteiger partial charge in [-0.15, -0.1) is 0 Å². The molecule has 0 heterocycles. The maximum Gasteiger partial charge on any atom is 0.416 e. The van der Waals surface area contributed by atoms with Crippen LogP contribution in [0.25, 0.3) is 0 Å². The number of rotatable bonds is 3. The molecule has 1 unspecified atom stereocenters. The molecule has 3 N–H and O–H groups in total. The van der Waals surface area contributed by atoms with Gasteiger partial charge >= 0.3 is 6.18 Å². The van der Waals surface area contributed by atoms with Crippen LogP contribution >= 0.6 is 0 Å². The lowest BCUT2D eigenvalue weighted by Gasteiger charge is -2.29. The van der Waals surface area contributed by atoms with Crippen LogP contribution in [-0.4, -0.2) is 12.1 Å². The third kappa shape index (κ3) is 3.99. The standard InChI is InChI=1S/C13H19F3N2/c1-12(2,3)18-11(8-17)9-6-4-5-7-10(9)13(14,15)16/h4-7,11,18H,8,17H2,1-3H3. The summed E-state index contributed by atoms with van der Waals surface area (Å²) in [5, 5.41) is 3.11. The minimum atomic E-state index is -4.36. The Bertz CT molecular complexity index is 394. The molecule has 18 heavy (non-hydrogen) atoms. The van der Waals surface area contributed by atoms with E-state index in [9.17, 15) is 13.2 Å². The van der Waals surface area contributed by atoms with Gasteiger partial charge in [-0.05, 0) is 32.4 Å². The molecule has 0 aliphatic carbocycles. The second-order valence-corrected chi connectivity index (χ2v) is 5.27. The van der Waals surface area contributed by atoms with E-state index >= 15 is 0 Å². The molecule has 1 aromatic rings. The van der Waals surface area contributed by atoms with Gasteiger partial charge in [0.2, 0.25) is 0 Å². The second kappa shape index (κ2) is 5.28. The molecule has 0 saturated heterocycles. The molecule has 0 amide bonds. The predicted molar refractivity (Wildman–Crippen MR) is 66.1 cm³/mol. The zero-order chi connectivity index (χ0) is 14.0. The lowest BCUT2D eigenvalue weighted by Crippen LogP contribution is -2.42. The van der Waals surface area contributed by atoms with Crippen LogP contribution in [0.5, 0.6) is 0 Å². The van der Waals surface area contributed by atoms with E-state index in [4.69, 9.17) is 5.73 Å². The van der Waals surface area contributed by atoms with Gasteiger partial charge < -0.3 is 11.1 Å². The van der Waals surface area contributed by atoms with Crippen LogP contribution in [0.15, 0.2) is 24.3 Å². The van der Waals surface area contributed by atoms with Crippen LogP contribution in [0, 0.1) is 0 Å². The van der Waals surface area contributed by atoms with Crippen molar-refractivity contribution in [1.29, 1.82) is 0 Å². The first-order valence-electron chi connectivity index (χ1n) is 5.79. The smallest absolute Gasteiger partial charge is 0.329 e. The highest BCUT2D eigenvalue weighted by Gasteiger charge is 2.35. The summed E-state index contributed by atoms with van der Waals surface area (Å²) in [7, 11) is 0. The molecule has 0 saturated carbocycles. The van der Waals surface area contributed by atoms with Crippen LogP contribution in [0.1, 0.15) is 37.9 Å². The van der Waals surface area contributed by atoms with Crippen LogP contribution in [-0.2, 0) is 6.18 Å². The number of nitrogens with two attached hydrogens (primary N) is 1. The second-order valence-electron chi connectivity index (χ2n) is 5.27. The van der Waals surface area contributed by atoms with E-state index in [-0.39, 0.29) is 17.6 Å². The Kier molecular flexibility index (Phi) is 4.40. The van der Waals surface area contributed by atoms with E-state index in [2.05, 4.69) is 5.32 Å². The van der Waals surface area contributed by atoms with Crippen molar-refractivity contribution in [2.45, 2.75) is 38.5 Å². The SMILES string of the molecule is CC(C)(C)NC(CN)c1ccccc1C(F)(F)F. The van der Waals surface area contributed by atoms with Gasteiger partial charge in [-0.1, -0.05) is 18.2 Å². The van der Waals surface area contributed by atoms with Crippen LogP contribution < -0.4 is 11.1 Å². The van der Waals surface area contributed by atoms with Crippen molar-refractivity contribution in [3.8, 4) is 0 Å². The van der Waals surface area contributed by atoms with Crippen LogP contribution in [0.2, 0.25) is 0 Å². The Labute approximate surface area is 105 Å². The van der Waals surface area contributed by atoms with Crippen molar-refractivity contribution in [2.24, 2.45) is 5.73 Å². The number of halogens is 3. The minimum absolute atomic E-state index is 0.115. The molecule has 0 bridgehead atoms. The molecule has 1 rings (SSSR count). The summed E-state index contributed by atoms with van der Waals surface area (Å²) in [4.78, 5) is 0. The topological polar surface area (TPSA) is 38.0 Å². The van der Waals surface area contributed by atoms with Gasteiger partial charge in [0.25, 0.3) is 0 Å². The van der Waals surface area contributed by atoms with Gasteiger partial charge in [-0.3, -0.25) is 0 Å². The summed E-state index contributed by atoms with van der Waals surface area (Å²) in [5.41, 5.74) is 4.86. The lowest BCUT2D eigenvalue weighted by atomic mass is 9.97. The lowest BCUT2D eigenvalue weighted by molar-refractivity contribution is -0.138. The summed E-state index contributed by atoms with van der Waals surface area (Å²) in [6.45, 7) is 5.80. The molecule has 0 fully saturated rings. The minimum Gasteiger partial charge on any atom is -0.329 e.